The minimum absolute atomic E-state index is 0.0912. The first-order chi connectivity index (χ1) is 6.57. The predicted molar refractivity (Wildman–Crippen MR) is 51.6 cm³/mol. The van der Waals surface area contributed by atoms with Crippen LogP contribution in [0.3, 0.4) is 0 Å². The zero-order chi connectivity index (χ0) is 10.2. The third-order valence-electron chi connectivity index (χ3n) is 2.67. The lowest BCUT2D eigenvalue weighted by atomic mass is 9.92. The van der Waals surface area contributed by atoms with Gasteiger partial charge in [0.05, 0.1) is 0 Å². The Balaban J connectivity index is 2.17. The minimum Gasteiger partial charge on any atom is -0.315 e. The monoisotopic (exact) mass is 197 g/mol. The summed E-state index contributed by atoms with van der Waals surface area (Å²) in [5.74, 6) is -2.22. The van der Waals surface area contributed by atoms with Crippen molar-refractivity contribution < 1.29 is 8.78 Å². The maximum absolute atomic E-state index is 12.9. The number of rotatable bonds is 2. The summed E-state index contributed by atoms with van der Waals surface area (Å²) in [6, 6.07) is 6.65. The Labute approximate surface area is 82.1 Å². The van der Waals surface area contributed by atoms with Crippen LogP contribution in [0.2, 0.25) is 0 Å². The van der Waals surface area contributed by atoms with E-state index in [1.807, 2.05) is 0 Å². The molecule has 3 heteroatoms. The fraction of sp³-hybridized carbons (Fsp3) is 0.455. The first kappa shape index (κ1) is 9.59. The molecule has 76 valence electrons. The topological polar surface area (TPSA) is 12.0 Å². The molecule has 1 fully saturated rings. The van der Waals surface area contributed by atoms with E-state index >= 15 is 0 Å². The second kappa shape index (κ2) is 3.31. The largest absolute Gasteiger partial charge is 0.315 e. The van der Waals surface area contributed by atoms with Crippen molar-refractivity contribution in [1.82, 2.24) is 5.32 Å². The van der Waals surface area contributed by atoms with E-state index in [-0.39, 0.29) is 5.56 Å². The summed E-state index contributed by atoms with van der Waals surface area (Å²) >= 11 is 0. The molecule has 0 amide bonds. The average Bonchev–Trinajstić information content (AvgIpc) is 2.00. The summed E-state index contributed by atoms with van der Waals surface area (Å²) < 4.78 is 25.7. The van der Waals surface area contributed by atoms with Gasteiger partial charge in [0.1, 0.15) is 0 Å². The van der Waals surface area contributed by atoms with Crippen molar-refractivity contribution in [3.63, 3.8) is 0 Å². The van der Waals surface area contributed by atoms with Gasteiger partial charge in [-0.1, -0.05) is 24.3 Å². The third kappa shape index (κ3) is 1.77. The van der Waals surface area contributed by atoms with E-state index in [0.29, 0.717) is 5.92 Å². The van der Waals surface area contributed by atoms with Gasteiger partial charge in [-0.3, -0.25) is 0 Å². The van der Waals surface area contributed by atoms with Gasteiger partial charge in [-0.25, -0.2) is 8.78 Å². The molecule has 1 nitrogen and oxygen atoms in total. The average molecular weight is 197 g/mol. The van der Waals surface area contributed by atoms with E-state index in [4.69, 9.17) is 0 Å². The van der Waals surface area contributed by atoms with Gasteiger partial charge in [0, 0.05) is 31.5 Å². The van der Waals surface area contributed by atoms with E-state index in [1.165, 1.54) is 12.1 Å². The molecule has 0 spiro atoms. The molecule has 14 heavy (non-hydrogen) atoms. The normalized spacial score (nSPS) is 17.9. The quantitative estimate of drug-likeness (QED) is 0.768. The van der Waals surface area contributed by atoms with E-state index in [1.54, 1.807) is 12.1 Å². The van der Waals surface area contributed by atoms with Crippen LogP contribution in [-0.4, -0.2) is 13.1 Å². The van der Waals surface area contributed by atoms with Gasteiger partial charge in [-0.2, -0.15) is 0 Å². The van der Waals surface area contributed by atoms with Crippen LogP contribution < -0.4 is 5.32 Å². The van der Waals surface area contributed by atoms with Gasteiger partial charge in [-0.05, 0) is 5.56 Å². The van der Waals surface area contributed by atoms with Crippen LogP contribution in [0.1, 0.15) is 24.0 Å². The first-order valence-corrected chi connectivity index (χ1v) is 4.76. The minimum atomic E-state index is -2.73. The number of halogens is 2. The van der Waals surface area contributed by atoms with Crippen molar-refractivity contribution in [3.05, 3.63) is 35.4 Å². The molecule has 1 aliphatic rings. The van der Waals surface area contributed by atoms with Crippen LogP contribution in [0.4, 0.5) is 8.78 Å². The number of nitrogens with one attached hydrogen (secondary N) is 1. The van der Waals surface area contributed by atoms with Crippen LogP contribution >= 0.6 is 0 Å². The Hall–Kier alpha value is -0.960. The van der Waals surface area contributed by atoms with Crippen molar-refractivity contribution in [1.29, 1.82) is 0 Å². The van der Waals surface area contributed by atoms with Crippen molar-refractivity contribution in [3.8, 4) is 0 Å². The lowest BCUT2D eigenvalue weighted by Gasteiger charge is -2.27. The second-order valence-electron chi connectivity index (χ2n) is 3.87. The third-order valence-corrected chi connectivity index (χ3v) is 2.67. The highest BCUT2D eigenvalue weighted by atomic mass is 19.3. The molecule has 1 aliphatic heterocycles. The fourth-order valence-electron chi connectivity index (χ4n) is 1.57. The summed E-state index contributed by atoms with van der Waals surface area (Å²) in [4.78, 5) is 0. The number of hydrogen-bond donors (Lipinski definition) is 1. The number of alkyl halides is 2. The van der Waals surface area contributed by atoms with Gasteiger partial charge in [0.25, 0.3) is 5.92 Å². The second-order valence-corrected chi connectivity index (χ2v) is 3.87. The van der Waals surface area contributed by atoms with Gasteiger partial charge >= 0.3 is 0 Å². The van der Waals surface area contributed by atoms with E-state index in [2.05, 4.69) is 5.32 Å². The molecule has 1 aromatic carbocycles. The molecule has 0 aliphatic carbocycles. The molecule has 0 atom stereocenters. The summed E-state index contributed by atoms with van der Waals surface area (Å²) in [5, 5.41) is 3.16. The highest BCUT2D eigenvalue weighted by Crippen LogP contribution is 2.28. The van der Waals surface area contributed by atoms with Crippen LogP contribution in [0.15, 0.2) is 24.3 Å². The van der Waals surface area contributed by atoms with Crippen molar-refractivity contribution in [2.24, 2.45) is 0 Å². The van der Waals surface area contributed by atoms with E-state index < -0.39 is 5.92 Å². The zero-order valence-electron chi connectivity index (χ0n) is 8.06. The number of benzene rings is 1. The summed E-state index contributed by atoms with van der Waals surface area (Å²) in [6.07, 6.45) is 0. The lowest BCUT2D eigenvalue weighted by Crippen LogP contribution is -2.39. The number of hydrogen-bond acceptors (Lipinski definition) is 1. The maximum atomic E-state index is 12.9. The standard InChI is InChI=1S/C11H13F2N/c1-11(12,13)10-4-2-8(3-5-10)9-6-14-7-9/h2-5,9,14H,6-7H2,1H3. The summed E-state index contributed by atoms with van der Waals surface area (Å²) in [7, 11) is 0. The van der Waals surface area contributed by atoms with E-state index in [0.717, 1.165) is 25.6 Å². The highest BCUT2D eigenvalue weighted by molar-refractivity contribution is 5.29. The van der Waals surface area contributed by atoms with Crippen molar-refractivity contribution >= 4 is 0 Å². The van der Waals surface area contributed by atoms with Gasteiger partial charge < -0.3 is 5.32 Å². The highest BCUT2D eigenvalue weighted by Gasteiger charge is 2.25. The molecule has 1 N–H and O–H groups in total. The zero-order valence-corrected chi connectivity index (χ0v) is 8.06. The van der Waals surface area contributed by atoms with Crippen LogP contribution in [-0.2, 0) is 5.92 Å². The molecular formula is C11H13F2N. The van der Waals surface area contributed by atoms with Crippen molar-refractivity contribution in [2.45, 2.75) is 18.8 Å². The molecule has 0 radical (unpaired) electrons. The van der Waals surface area contributed by atoms with Gasteiger partial charge in [-0.15, -0.1) is 0 Å². The van der Waals surface area contributed by atoms with Crippen LogP contribution in [0.5, 0.6) is 0 Å². The van der Waals surface area contributed by atoms with Crippen LogP contribution in [0, 0.1) is 0 Å². The molecule has 0 unspecified atom stereocenters. The fourth-order valence-corrected chi connectivity index (χ4v) is 1.57. The molecule has 1 heterocycles. The molecule has 1 aromatic rings. The lowest BCUT2D eigenvalue weighted by molar-refractivity contribution is 0.0174. The summed E-state index contributed by atoms with van der Waals surface area (Å²) in [5.41, 5.74) is 1.24. The summed E-state index contributed by atoms with van der Waals surface area (Å²) in [6.45, 7) is 2.84. The predicted octanol–water partition coefficient (Wildman–Crippen LogP) is 2.49. The Morgan fingerprint density at radius 1 is 1.21 bits per heavy atom. The van der Waals surface area contributed by atoms with Gasteiger partial charge in [0.2, 0.25) is 0 Å². The van der Waals surface area contributed by atoms with E-state index in [9.17, 15) is 8.78 Å². The smallest absolute Gasteiger partial charge is 0.270 e. The first-order valence-electron chi connectivity index (χ1n) is 4.76. The Morgan fingerprint density at radius 3 is 2.14 bits per heavy atom. The maximum Gasteiger partial charge on any atom is 0.270 e. The molecule has 0 aromatic heterocycles. The Bertz CT molecular complexity index is 309. The Morgan fingerprint density at radius 2 is 1.79 bits per heavy atom. The molecule has 2 rings (SSSR count). The molecule has 0 saturated carbocycles. The SMILES string of the molecule is CC(F)(F)c1ccc(C2CNC2)cc1. The molecule has 0 bridgehead atoms. The van der Waals surface area contributed by atoms with Gasteiger partial charge in [0.15, 0.2) is 0 Å². The molecule has 1 saturated heterocycles. The molecular weight excluding hydrogens is 184 g/mol. The van der Waals surface area contributed by atoms with Crippen LogP contribution in [0.25, 0.3) is 0 Å². The van der Waals surface area contributed by atoms with Crippen molar-refractivity contribution in [2.75, 3.05) is 13.1 Å². The Kier molecular flexibility index (Phi) is 2.27.